The van der Waals surface area contributed by atoms with E-state index in [4.69, 9.17) is 10.00 Å². The molecule has 1 aliphatic carbocycles. The van der Waals surface area contributed by atoms with Crippen LogP contribution in [-0.4, -0.2) is 28.7 Å². The van der Waals surface area contributed by atoms with Crippen molar-refractivity contribution in [2.45, 2.75) is 51.8 Å². The molecule has 16 heavy (non-hydrogen) atoms. The van der Waals surface area contributed by atoms with Gasteiger partial charge in [0.25, 0.3) is 0 Å². The van der Waals surface area contributed by atoms with Crippen LogP contribution in [0.5, 0.6) is 0 Å². The summed E-state index contributed by atoms with van der Waals surface area (Å²) in [5, 5.41) is 9.01. The van der Waals surface area contributed by atoms with Crippen LogP contribution in [0, 0.1) is 23.2 Å². The molecule has 2 aliphatic rings. The maximum absolute atomic E-state index is 12.0. The summed E-state index contributed by atoms with van der Waals surface area (Å²) in [4.78, 5) is 13.6. The second-order valence-electron chi connectivity index (χ2n) is 5.78. The number of fused-ring (bicyclic) bond motifs is 1. The van der Waals surface area contributed by atoms with Gasteiger partial charge in [0.2, 0.25) is 0 Å². The predicted molar refractivity (Wildman–Crippen MR) is 58.5 cm³/mol. The second-order valence-corrected chi connectivity index (χ2v) is 5.78. The summed E-state index contributed by atoms with van der Waals surface area (Å²) >= 11 is 0. The monoisotopic (exact) mass is 222 g/mol. The van der Waals surface area contributed by atoms with Gasteiger partial charge in [-0.2, -0.15) is 5.26 Å². The van der Waals surface area contributed by atoms with E-state index in [9.17, 15) is 4.79 Å². The highest BCUT2D eigenvalue weighted by Gasteiger charge is 2.61. The van der Waals surface area contributed by atoms with Crippen LogP contribution >= 0.6 is 0 Å². The molecule has 1 heterocycles. The highest BCUT2D eigenvalue weighted by atomic mass is 16.6. The summed E-state index contributed by atoms with van der Waals surface area (Å²) in [5.41, 5.74) is -0.493. The van der Waals surface area contributed by atoms with Crippen molar-refractivity contribution in [2.75, 3.05) is 0 Å². The van der Waals surface area contributed by atoms with Crippen molar-refractivity contribution in [3.05, 3.63) is 0 Å². The molecule has 0 aromatic carbocycles. The first-order valence-corrected chi connectivity index (χ1v) is 5.76. The highest BCUT2D eigenvalue weighted by Crippen LogP contribution is 2.53. The van der Waals surface area contributed by atoms with E-state index in [1.165, 1.54) is 0 Å². The molecule has 0 radical (unpaired) electrons. The van der Waals surface area contributed by atoms with Gasteiger partial charge in [-0.05, 0) is 39.0 Å². The molecular weight excluding hydrogens is 204 g/mol. The fourth-order valence-electron chi connectivity index (χ4n) is 2.59. The zero-order valence-corrected chi connectivity index (χ0v) is 10.2. The minimum atomic E-state index is -0.493. The average molecular weight is 222 g/mol. The zero-order chi connectivity index (χ0) is 12.1. The first kappa shape index (κ1) is 11.3. The average Bonchev–Trinajstić information content (AvgIpc) is 2.62. The van der Waals surface area contributed by atoms with Crippen molar-refractivity contribution in [3.8, 4) is 6.07 Å². The van der Waals surface area contributed by atoms with Gasteiger partial charge in [-0.1, -0.05) is 6.92 Å². The van der Waals surface area contributed by atoms with Gasteiger partial charge in [0.05, 0.1) is 6.07 Å². The number of carbonyl (C=O) groups excluding carboxylic acids is 1. The van der Waals surface area contributed by atoms with Gasteiger partial charge in [-0.15, -0.1) is 0 Å². The summed E-state index contributed by atoms with van der Waals surface area (Å²) in [6.45, 7) is 7.66. The maximum Gasteiger partial charge on any atom is 0.411 e. The van der Waals surface area contributed by atoms with Crippen LogP contribution in [-0.2, 0) is 4.74 Å². The lowest BCUT2D eigenvalue weighted by Gasteiger charge is -2.28. The van der Waals surface area contributed by atoms with Gasteiger partial charge in [0, 0.05) is 6.04 Å². The third kappa shape index (κ3) is 1.75. The maximum atomic E-state index is 12.0. The fraction of sp³-hybridized carbons (Fsp3) is 0.833. The highest BCUT2D eigenvalue weighted by molar-refractivity contribution is 5.71. The van der Waals surface area contributed by atoms with E-state index in [0.717, 1.165) is 6.42 Å². The Kier molecular flexibility index (Phi) is 2.37. The lowest BCUT2D eigenvalue weighted by atomic mass is 10.1. The number of likely N-dealkylation sites (tertiary alicyclic amines) is 1. The van der Waals surface area contributed by atoms with Gasteiger partial charge in [-0.3, -0.25) is 4.90 Å². The van der Waals surface area contributed by atoms with Gasteiger partial charge in [-0.25, -0.2) is 4.79 Å². The van der Waals surface area contributed by atoms with E-state index in [1.807, 2.05) is 20.8 Å². The Balaban J connectivity index is 2.07. The van der Waals surface area contributed by atoms with E-state index in [1.54, 1.807) is 4.90 Å². The largest absolute Gasteiger partial charge is 0.444 e. The lowest BCUT2D eigenvalue weighted by molar-refractivity contribution is 0.0210. The molecule has 4 heteroatoms. The molecule has 1 aliphatic heterocycles. The van der Waals surface area contributed by atoms with Crippen LogP contribution in [0.4, 0.5) is 4.79 Å². The van der Waals surface area contributed by atoms with Crippen LogP contribution in [0.25, 0.3) is 0 Å². The van der Waals surface area contributed by atoms with Crippen LogP contribution in [0.3, 0.4) is 0 Å². The zero-order valence-electron chi connectivity index (χ0n) is 10.2. The molecule has 0 N–H and O–H groups in total. The quantitative estimate of drug-likeness (QED) is 0.631. The van der Waals surface area contributed by atoms with E-state index < -0.39 is 5.60 Å². The Hall–Kier alpha value is -1.24. The molecule has 0 spiro atoms. The summed E-state index contributed by atoms with van der Waals surface area (Å²) in [6.07, 6.45) is 0.470. The van der Waals surface area contributed by atoms with E-state index in [2.05, 4.69) is 13.0 Å². The van der Waals surface area contributed by atoms with Crippen LogP contribution in [0.2, 0.25) is 0 Å². The lowest BCUT2D eigenvalue weighted by Crippen LogP contribution is -2.42. The van der Waals surface area contributed by atoms with Crippen molar-refractivity contribution >= 4 is 6.09 Å². The van der Waals surface area contributed by atoms with E-state index in [-0.39, 0.29) is 18.2 Å². The van der Waals surface area contributed by atoms with Gasteiger partial charge in [0.1, 0.15) is 11.6 Å². The van der Waals surface area contributed by atoms with Crippen molar-refractivity contribution < 1.29 is 9.53 Å². The van der Waals surface area contributed by atoms with Crippen molar-refractivity contribution in [3.63, 3.8) is 0 Å². The molecular formula is C12H18N2O2. The Morgan fingerprint density at radius 2 is 2.12 bits per heavy atom. The molecule has 1 amide bonds. The summed E-state index contributed by atoms with van der Waals surface area (Å²) < 4.78 is 5.34. The summed E-state index contributed by atoms with van der Waals surface area (Å²) in [7, 11) is 0. The molecule has 4 atom stereocenters. The Morgan fingerprint density at radius 3 is 2.62 bits per heavy atom. The number of rotatable bonds is 0. The number of nitrogens with zero attached hydrogens (tertiary/aromatic N) is 2. The minimum absolute atomic E-state index is 0.236. The summed E-state index contributed by atoms with van der Waals surface area (Å²) in [6, 6.07) is 2.13. The van der Waals surface area contributed by atoms with Crippen molar-refractivity contribution in [1.29, 1.82) is 5.26 Å². The van der Waals surface area contributed by atoms with E-state index >= 15 is 0 Å². The predicted octanol–water partition coefficient (Wildman–Crippen LogP) is 2.15. The number of amides is 1. The molecule has 1 saturated heterocycles. The molecule has 0 aromatic heterocycles. The van der Waals surface area contributed by atoms with Crippen LogP contribution in [0.1, 0.15) is 34.1 Å². The standard InChI is InChI=1S/C12H18N2O2/c1-7-9-5-8(6-13)14(10(7)9)11(15)16-12(2,3)4/h7-10H,5H2,1-4H3. The number of hydrogen-bond donors (Lipinski definition) is 0. The van der Waals surface area contributed by atoms with Crippen LogP contribution < -0.4 is 0 Å². The molecule has 2 fully saturated rings. The third-order valence-corrected chi connectivity index (χ3v) is 3.42. The first-order valence-electron chi connectivity index (χ1n) is 5.76. The Labute approximate surface area is 96.2 Å². The molecule has 0 bridgehead atoms. The van der Waals surface area contributed by atoms with Gasteiger partial charge in [0.15, 0.2) is 0 Å². The topological polar surface area (TPSA) is 53.3 Å². The number of ether oxygens (including phenoxy) is 1. The van der Waals surface area contributed by atoms with Crippen molar-refractivity contribution in [2.24, 2.45) is 11.8 Å². The number of piperidine rings is 1. The number of nitriles is 1. The third-order valence-electron chi connectivity index (χ3n) is 3.42. The second kappa shape index (κ2) is 3.38. The number of carbonyl (C=O) groups is 1. The first-order chi connectivity index (χ1) is 7.35. The number of hydrogen-bond acceptors (Lipinski definition) is 3. The van der Waals surface area contributed by atoms with Gasteiger partial charge < -0.3 is 4.74 Å². The molecule has 88 valence electrons. The normalized spacial score (nSPS) is 36.6. The molecule has 0 aromatic rings. The van der Waals surface area contributed by atoms with E-state index in [0.29, 0.717) is 11.8 Å². The smallest absolute Gasteiger partial charge is 0.411 e. The fourth-order valence-corrected chi connectivity index (χ4v) is 2.59. The van der Waals surface area contributed by atoms with Crippen LogP contribution in [0.15, 0.2) is 0 Å². The van der Waals surface area contributed by atoms with Gasteiger partial charge >= 0.3 is 6.09 Å². The SMILES string of the molecule is CC1C2CC(C#N)N(C(=O)OC(C)(C)C)C12. The minimum Gasteiger partial charge on any atom is -0.444 e. The Bertz CT molecular complexity index is 353. The molecule has 2 rings (SSSR count). The summed E-state index contributed by atoms with van der Waals surface area (Å²) in [5.74, 6) is 1.04. The molecule has 4 unspecified atom stereocenters. The Morgan fingerprint density at radius 1 is 1.50 bits per heavy atom. The molecule has 4 nitrogen and oxygen atoms in total. The molecule has 1 saturated carbocycles. The van der Waals surface area contributed by atoms with Crippen molar-refractivity contribution in [1.82, 2.24) is 4.90 Å².